The Balaban J connectivity index is 2.72. The first-order valence-electron chi connectivity index (χ1n) is 2.05. The Morgan fingerprint density at radius 1 is 1.62 bits per heavy atom. The lowest BCUT2D eigenvalue weighted by atomic mass is 10.5. The standard InChI is InChI=1S/C4H3BrN2O/c5-2-3-1-4(8)7-6-3/h1H,2H2. The van der Waals surface area contributed by atoms with E-state index in [0.29, 0.717) is 11.0 Å². The van der Waals surface area contributed by atoms with Crippen molar-refractivity contribution >= 4 is 21.8 Å². The molecule has 1 amide bonds. The first-order valence-corrected chi connectivity index (χ1v) is 3.17. The lowest BCUT2D eigenvalue weighted by molar-refractivity contribution is -0.113. The second-order valence-electron chi connectivity index (χ2n) is 1.31. The van der Waals surface area contributed by atoms with E-state index in [9.17, 15) is 4.79 Å². The van der Waals surface area contributed by atoms with Gasteiger partial charge in [0.25, 0.3) is 5.91 Å². The quantitative estimate of drug-likeness (QED) is 0.553. The van der Waals surface area contributed by atoms with Gasteiger partial charge >= 0.3 is 0 Å². The number of alkyl halides is 1. The lowest BCUT2D eigenvalue weighted by Gasteiger charge is -1.77. The first kappa shape index (κ1) is 5.62. The van der Waals surface area contributed by atoms with Gasteiger partial charge in [0.2, 0.25) is 0 Å². The van der Waals surface area contributed by atoms with Crippen LogP contribution in [0.3, 0.4) is 0 Å². The maximum Gasteiger partial charge on any atom is 0.290 e. The van der Waals surface area contributed by atoms with Crippen LogP contribution in [0.5, 0.6) is 0 Å². The summed E-state index contributed by atoms with van der Waals surface area (Å²) in [7, 11) is 0. The highest BCUT2D eigenvalue weighted by atomic mass is 79.9. The fourth-order valence-electron chi connectivity index (χ4n) is 0.379. The Bertz CT molecular complexity index is 173. The topological polar surface area (TPSA) is 41.8 Å². The van der Waals surface area contributed by atoms with Crippen molar-refractivity contribution in [2.45, 2.75) is 0 Å². The molecule has 1 heterocycles. The number of carbonyl (C=O) groups is 1. The Morgan fingerprint density at radius 3 is 2.62 bits per heavy atom. The number of amides is 1. The minimum absolute atomic E-state index is 0.264. The number of halogens is 1. The molecule has 1 aliphatic heterocycles. The number of carbonyl (C=O) groups excluding carboxylic acids is 1. The van der Waals surface area contributed by atoms with Crippen LogP contribution < -0.4 is 0 Å². The average molecular weight is 175 g/mol. The third-order valence-electron chi connectivity index (χ3n) is 0.704. The van der Waals surface area contributed by atoms with Crippen LogP contribution in [0.25, 0.3) is 0 Å². The molecule has 0 saturated heterocycles. The van der Waals surface area contributed by atoms with Crippen LogP contribution in [0.15, 0.2) is 22.0 Å². The molecule has 0 aromatic heterocycles. The Kier molecular flexibility index (Phi) is 1.53. The smallest absolute Gasteiger partial charge is 0.266 e. The summed E-state index contributed by atoms with van der Waals surface area (Å²) in [6.45, 7) is 0. The van der Waals surface area contributed by atoms with E-state index in [1.165, 1.54) is 6.08 Å². The minimum Gasteiger partial charge on any atom is -0.266 e. The molecule has 0 bridgehead atoms. The molecular formula is C4H3BrN2O. The van der Waals surface area contributed by atoms with Gasteiger partial charge in [-0.05, 0) is 0 Å². The molecule has 42 valence electrons. The van der Waals surface area contributed by atoms with Crippen LogP contribution in [0, 0.1) is 0 Å². The molecule has 0 saturated carbocycles. The van der Waals surface area contributed by atoms with Crippen molar-refractivity contribution in [1.82, 2.24) is 0 Å². The van der Waals surface area contributed by atoms with Gasteiger partial charge in [-0.3, -0.25) is 4.79 Å². The molecule has 0 spiro atoms. The van der Waals surface area contributed by atoms with Crippen LogP contribution in [0.2, 0.25) is 0 Å². The number of hydrogen-bond acceptors (Lipinski definition) is 2. The molecule has 1 rings (SSSR count). The lowest BCUT2D eigenvalue weighted by Crippen LogP contribution is -1.78. The fraction of sp³-hybridized carbons (Fsp3) is 0.250. The normalized spacial score (nSPS) is 17.1. The monoisotopic (exact) mass is 174 g/mol. The molecule has 4 heteroatoms. The fourth-order valence-corrected chi connectivity index (χ4v) is 0.653. The molecule has 0 aliphatic carbocycles. The summed E-state index contributed by atoms with van der Waals surface area (Å²) in [5.41, 5.74) is 0.690. The van der Waals surface area contributed by atoms with Gasteiger partial charge in [0, 0.05) is 11.4 Å². The summed E-state index contributed by atoms with van der Waals surface area (Å²) >= 11 is 3.13. The van der Waals surface area contributed by atoms with Crippen molar-refractivity contribution in [3.05, 3.63) is 11.8 Å². The van der Waals surface area contributed by atoms with Gasteiger partial charge in [0.15, 0.2) is 0 Å². The molecule has 0 aromatic rings. The van der Waals surface area contributed by atoms with E-state index in [2.05, 4.69) is 26.2 Å². The summed E-state index contributed by atoms with van der Waals surface area (Å²) in [6, 6.07) is 0. The van der Waals surface area contributed by atoms with Gasteiger partial charge in [0.1, 0.15) is 0 Å². The second-order valence-corrected chi connectivity index (χ2v) is 1.87. The number of hydrogen-bond donors (Lipinski definition) is 0. The zero-order chi connectivity index (χ0) is 5.98. The Morgan fingerprint density at radius 2 is 2.38 bits per heavy atom. The average Bonchev–Trinajstić information content (AvgIpc) is 2.14. The Labute approximate surface area is 54.6 Å². The van der Waals surface area contributed by atoms with Gasteiger partial charge in [-0.25, -0.2) is 0 Å². The zero-order valence-corrected chi connectivity index (χ0v) is 5.55. The van der Waals surface area contributed by atoms with Gasteiger partial charge in [-0.1, -0.05) is 15.9 Å². The second kappa shape index (κ2) is 2.17. The van der Waals surface area contributed by atoms with Crippen molar-refractivity contribution in [3.8, 4) is 0 Å². The van der Waals surface area contributed by atoms with Crippen molar-refractivity contribution in [3.63, 3.8) is 0 Å². The van der Waals surface area contributed by atoms with Crippen molar-refractivity contribution < 1.29 is 4.79 Å². The highest BCUT2D eigenvalue weighted by molar-refractivity contribution is 9.09. The molecule has 0 atom stereocenters. The number of nitrogens with zero attached hydrogens (tertiary/aromatic N) is 2. The van der Waals surface area contributed by atoms with Crippen molar-refractivity contribution in [2.24, 2.45) is 10.2 Å². The SMILES string of the molecule is O=C1C=C(CBr)N=N1. The molecule has 0 fully saturated rings. The predicted octanol–water partition coefficient (Wildman–Crippen LogP) is 1.26. The van der Waals surface area contributed by atoms with Gasteiger partial charge in [-0.2, -0.15) is 5.11 Å². The molecule has 0 N–H and O–H groups in total. The summed E-state index contributed by atoms with van der Waals surface area (Å²) in [6.07, 6.45) is 1.40. The van der Waals surface area contributed by atoms with Gasteiger partial charge in [-0.15, -0.1) is 5.11 Å². The molecule has 0 aromatic carbocycles. The van der Waals surface area contributed by atoms with E-state index in [1.807, 2.05) is 0 Å². The van der Waals surface area contributed by atoms with Crippen molar-refractivity contribution in [2.75, 3.05) is 5.33 Å². The maximum absolute atomic E-state index is 10.3. The highest BCUT2D eigenvalue weighted by Gasteiger charge is 2.04. The number of azo groups is 1. The maximum atomic E-state index is 10.3. The zero-order valence-electron chi connectivity index (χ0n) is 3.97. The summed E-state index contributed by atoms with van der Waals surface area (Å²) in [5.74, 6) is -0.264. The predicted molar refractivity (Wildman–Crippen MR) is 31.7 cm³/mol. The van der Waals surface area contributed by atoms with Gasteiger partial charge < -0.3 is 0 Å². The van der Waals surface area contributed by atoms with Gasteiger partial charge in [0.05, 0.1) is 5.70 Å². The largest absolute Gasteiger partial charge is 0.290 e. The van der Waals surface area contributed by atoms with E-state index in [4.69, 9.17) is 0 Å². The third kappa shape index (κ3) is 1.01. The molecule has 0 radical (unpaired) electrons. The number of rotatable bonds is 1. The van der Waals surface area contributed by atoms with Crippen LogP contribution in [0.4, 0.5) is 0 Å². The number of allylic oxidation sites excluding steroid dienone is 1. The molecule has 0 unspecified atom stereocenters. The van der Waals surface area contributed by atoms with Crippen LogP contribution in [-0.2, 0) is 4.79 Å². The van der Waals surface area contributed by atoms with E-state index in [1.54, 1.807) is 0 Å². The van der Waals surface area contributed by atoms with Crippen LogP contribution >= 0.6 is 15.9 Å². The third-order valence-corrected chi connectivity index (χ3v) is 1.28. The highest BCUT2D eigenvalue weighted by Crippen LogP contribution is 2.08. The summed E-state index contributed by atoms with van der Waals surface area (Å²) < 4.78 is 0. The van der Waals surface area contributed by atoms with Crippen molar-refractivity contribution in [1.29, 1.82) is 0 Å². The molecule has 1 aliphatic rings. The first-order chi connectivity index (χ1) is 3.83. The molecule has 8 heavy (non-hydrogen) atoms. The van der Waals surface area contributed by atoms with E-state index >= 15 is 0 Å². The van der Waals surface area contributed by atoms with E-state index < -0.39 is 0 Å². The molecular weight excluding hydrogens is 172 g/mol. The van der Waals surface area contributed by atoms with Crippen LogP contribution in [0.1, 0.15) is 0 Å². The van der Waals surface area contributed by atoms with E-state index in [0.717, 1.165) is 0 Å². The summed E-state index contributed by atoms with van der Waals surface area (Å²) in [4.78, 5) is 10.3. The molecule has 3 nitrogen and oxygen atoms in total. The van der Waals surface area contributed by atoms with Crippen LogP contribution in [-0.4, -0.2) is 11.2 Å². The summed E-state index contributed by atoms with van der Waals surface area (Å²) in [5, 5.41) is 7.38. The Hall–Kier alpha value is -0.510. The minimum atomic E-state index is -0.264. The van der Waals surface area contributed by atoms with E-state index in [-0.39, 0.29) is 5.91 Å².